The number of rotatable bonds is 3. The molecule has 29 heavy (non-hydrogen) atoms. The lowest BCUT2D eigenvalue weighted by molar-refractivity contribution is 0.0186. The number of carbonyl (C=O) groups excluding carboxylic acids is 1. The van der Waals surface area contributed by atoms with Crippen LogP contribution in [0.5, 0.6) is 0 Å². The van der Waals surface area contributed by atoms with Gasteiger partial charge in [-0.25, -0.2) is 14.5 Å². The molecule has 8 nitrogen and oxygen atoms in total. The Bertz CT molecular complexity index is 823. The van der Waals surface area contributed by atoms with Gasteiger partial charge in [-0.15, -0.1) is 24.0 Å². The summed E-state index contributed by atoms with van der Waals surface area (Å²) in [6.45, 7) is 8.47. The number of hydrogen-bond acceptors (Lipinski definition) is 4. The molecule has 1 amide bonds. The maximum Gasteiger partial charge on any atom is 0.410 e. The van der Waals surface area contributed by atoms with Crippen molar-refractivity contribution in [1.82, 2.24) is 19.6 Å². The van der Waals surface area contributed by atoms with Gasteiger partial charge in [-0.05, 0) is 32.9 Å². The topological polar surface area (TPSA) is 89.0 Å². The van der Waals surface area contributed by atoms with E-state index >= 15 is 0 Å². The molecule has 1 aliphatic heterocycles. The normalized spacial score (nSPS) is 15.1. The minimum absolute atomic E-state index is 0. The number of benzene rings is 1. The van der Waals surface area contributed by atoms with Crippen LogP contribution in [-0.4, -0.2) is 63.4 Å². The highest BCUT2D eigenvalue weighted by atomic mass is 127. The van der Waals surface area contributed by atoms with Crippen LogP contribution < -0.4 is 5.73 Å². The van der Waals surface area contributed by atoms with E-state index in [2.05, 4.69) is 10.1 Å². The predicted molar refractivity (Wildman–Crippen MR) is 124 cm³/mol. The second kappa shape index (κ2) is 9.95. The van der Waals surface area contributed by atoms with Crippen molar-refractivity contribution in [1.29, 1.82) is 0 Å². The molecule has 0 radical (unpaired) electrons. The minimum Gasteiger partial charge on any atom is -0.444 e. The van der Waals surface area contributed by atoms with Crippen LogP contribution in [-0.2, 0) is 11.3 Å². The zero-order valence-corrected chi connectivity index (χ0v) is 19.4. The molecule has 0 aliphatic carbocycles. The summed E-state index contributed by atoms with van der Waals surface area (Å²) in [6.07, 6.45) is 3.47. The summed E-state index contributed by atoms with van der Waals surface area (Å²) in [5, 5.41) is 4.37. The number of nitrogens with zero attached hydrogens (tertiary/aromatic N) is 5. The van der Waals surface area contributed by atoms with Gasteiger partial charge in [0.25, 0.3) is 0 Å². The molecular weight excluding hydrogens is 483 g/mol. The number of carbonyl (C=O) groups is 1. The standard InChI is InChI=1S/C20H28N6O2.HI/c1-20(2,3)28-19(27)25-11-9-24(10-12-25)18(21)22-13-16-14-23-26(15-16)17-7-5-4-6-8-17;/h4-8,14-15H,9-13H2,1-3H3,(H2,21,22);1H. The van der Waals surface area contributed by atoms with Crippen LogP contribution in [0.3, 0.4) is 0 Å². The molecule has 0 unspecified atom stereocenters. The first-order valence-electron chi connectivity index (χ1n) is 9.43. The first-order chi connectivity index (χ1) is 13.3. The summed E-state index contributed by atoms with van der Waals surface area (Å²) >= 11 is 0. The molecule has 1 fully saturated rings. The van der Waals surface area contributed by atoms with Gasteiger partial charge in [0.1, 0.15) is 5.60 Å². The zero-order chi connectivity index (χ0) is 20.1. The van der Waals surface area contributed by atoms with E-state index in [0.717, 1.165) is 11.3 Å². The SMILES string of the molecule is CC(C)(C)OC(=O)N1CCN(C(N)=NCc2cnn(-c3ccccc3)c2)CC1.I. The highest BCUT2D eigenvalue weighted by molar-refractivity contribution is 14.0. The van der Waals surface area contributed by atoms with E-state index in [-0.39, 0.29) is 30.1 Å². The van der Waals surface area contributed by atoms with E-state index < -0.39 is 5.60 Å². The molecule has 0 atom stereocenters. The predicted octanol–water partition coefficient (Wildman–Crippen LogP) is 2.86. The second-order valence-corrected chi connectivity index (χ2v) is 7.76. The lowest BCUT2D eigenvalue weighted by Gasteiger charge is -2.36. The quantitative estimate of drug-likeness (QED) is 0.388. The molecule has 158 valence electrons. The monoisotopic (exact) mass is 512 g/mol. The van der Waals surface area contributed by atoms with Crippen LogP contribution >= 0.6 is 24.0 Å². The van der Waals surface area contributed by atoms with Gasteiger partial charge >= 0.3 is 6.09 Å². The number of amides is 1. The average Bonchev–Trinajstić information content (AvgIpc) is 3.15. The molecule has 0 saturated carbocycles. The summed E-state index contributed by atoms with van der Waals surface area (Å²) in [4.78, 5) is 20.3. The van der Waals surface area contributed by atoms with Gasteiger partial charge in [0.05, 0.1) is 18.4 Å². The Labute approximate surface area is 188 Å². The van der Waals surface area contributed by atoms with Crippen molar-refractivity contribution in [2.24, 2.45) is 10.7 Å². The van der Waals surface area contributed by atoms with E-state index in [9.17, 15) is 4.79 Å². The third-order valence-corrected chi connectivity index (χ3v) is 4.34. The van der Waals surface area contributed by atoms with Crippen molar-refractivity contribution >= 4 is 36.0 Å². The van der Waals surface area contributed by atoms with Crippen molar-refractivity contribution in [3.63, 3.8) is 0 Å². The van der Waals surface area contributed by atoms with Gasteiger partial charge in [-0.2, -0.15) is 5.10 Å². The second-order valence-electron chi connectivity index (χ2n) is 7.76. The van der Waals surface area contributed by atoms with E-state index in [1.165, 1.54) is 0 Å². The number of aromatic nitrogens is 2. The number of para-hydroxylation sites is 1. The van der Waals surface area contributed by atoms with E-state index in [0.29, 0.717) is 38.7 Å². The summed E-state index contributed by atoms with van der Waals surface area (Å²) in [6, 6.07) is 9.92. The highest BCUT2D eigenvalue weighted by Gasteiger charge is 2.26. The van der Waals surface area contributed by atoms with Crippen molar-refractivity contribution in [3.8, 4) is 5.69 Å². The van der Waals surface area contributed by atoms with Crippen LogP contribution in [0.1, 0.15) is 26.3 Å². The van der Waals surface area contributed by atoms with E-state index in [4.69, 9.17) is 10.5 Å². The minimum atomic E-state index is -0.487. The fraction of sp³-hybridized carbons (Fsp3) is 0.450. The summed E-state index contributed by atoms with van der Waals surface area (Å²) < 4.78 is 7.23. The van der Waals surface area contributed by atoms with Crippen molar-refractivity contribution < 1.29 is 9.53 Å². The van der Waals surface area contributed by atoms with Crippen LogP contribution in [0, 0.1) is 0 Å². The maximum absolute atomic E-state index is 12.1. The molecular formula is C20H29IN6O2. The molecule has 1 aromatic heterocycles. The number of guanidine groups is 1. The Morgan fingerprint density at radius 3 is 2.38 bits per heavy atom. The summed E-state index contributed by atoms with van der Waals surface area (Å²) in [7, 11) is 0. The van der Waals surface area contributed by atoms with E-state index in [1.807, 2.05) is 66.9 Å². The third kappa shape index (κ3) is 6.62. The van der Waals surface area contributed by atoms with Crippen LogP contribution in [0.25, 0.3) is 5.69 Å². The average molecular weight is 512 g/mol. The first-order valence-corrected chi connectivity index (χ1v) is 9.43. The highest BCUT2D eigenvalue weighted by Crippen LogP contribution is 2.12. The number of nitrogens with two attached hydrogens (primary N) is 1. The van der Waals surface area contributed by atoms with E-state index in [1.54, 1.807) is 11.1 Å². The fourth-order valence-electron chi connectivity index (χ4n) is 2.88. The number of aliphatic imine (C=N–C) groups is 1. The molecule has 2 aromatic rings. The van der Waals surface area contributed by atoms with Gasteiger partial charge in [-0.3, -0.25) is 0 Å². The molecule has 3 rings (SSSR count). The lowest BCUT2D eigenvalue weighted by Crippen LogP contribution is -2.53. The molecule has 0 bridgehead atoms. The zero-order valence-electron chi connectivity index (χ0n) is 17.1. The molecule has 9 heteroatoms. The van der Waals surface area contributed by atoms with Gasteiger partial charge < -0.3 is 20.3 Å². The van der Waals surface area contributed by atoms with Crippen LogP contribution in [0.15, 0.2) is 47.7 Å². The first kappa shape index (κ1) is 23.0. The van der Waals surface area contributed by atoms with Gasteiger partial charge in [0, 0.05) is 37.9 Å². The van der Waals surface area contributed by atoms with Crippen LogP contribution in [0.2, 0.25) is 0 Å². The number of halogens is 1. The van der Waals surface area contributed by atoms with Gasteiger partial charge in [0.15, 0.2) is 5.96 Å². The Hall–Kier alpha value is -2.30. The Kier molecular flexibility index (Phi) is 7.88. The lowest BCUT2D eigenvalue weighted by atomic mass is 10.2. The molecule has 1 aliphatic rings. The molecule has 1 saturated heterocycles. The number of ether oxygens (including phenoxy) is 1. The van der Waals surface area contributed by atoms with Gasteiger partial charge in [0.2, 0.25) is 0 Å². The molecule has 2 heterocycles. The Morgan fingerprint density at radius 1 is 1.14 bits per heavy atom. The Balaban J connectivity index is 0.00000300. The maximum atomic E-state index is 12.1. The molecule has 2 N–H and O–H groups in total. The van der Waals surface area contributed by atoms with Crippen molar-refractivity contribution in [3.05, 3.63) is 48.3 Å². The third-order valence-electron chi connectivity index (χ3n) is 4.34. The Morgan fingerprint density at radius 2 is 1.76 bits per heavy atom. The summed E-state index contributed by atoms with van der Waals surface area (Å²) in [5.74, 6) is 0.483. The van der Waals surface area contributed by atoms with Crippen molar-refractivity contribution in [2.45, 2.75) is 32.9 Å². The number of hydrogen-bond donors (Lipinski definition) is 1. The largest absolute Gasteiger partial charge is 0.444 e. The summed E-state index contributed by atoms with van der Waals surface area (Å²) in [5.41, 5.74) is 7.65. The van der Waals surface area contributed by atoms with Crippen LogP contribution in [0.4, 0.5) is 4.79 Å². The smallest absolute Gasteiger partial charge is 0.410 e. The van der Waals surface area contributed by atoms with Crippen molar-refractivity contribution in [2.75, 3.05) is 26.2 Å². The fourth-order valence-corrected chi connectivity index (χ4v) is 2.88. The molecule has 1 aromatic carbocycles. The van der Waals surface area contributed by atoms with Gasteiger partial charge in [-0.1, -0.05) is 18.2 Å². The number of piperazine rings is 1. The molecule has 0 spiro atoms.